The standard InChI is InChI=1S/C21H22N4O2/c1-15-19(16-7-2-3-8-17(16)23-15)21(27)25-12-6-11-24(13-14-25)20(26)18-9-4-5-10-22-18/h2-5,7-10,23H,6,11-14H2,1H3. The zero-order chi connectivity index (χ0) is 18.8. The average molecular weight is 362 g/mol. The first-order chi connectivity index (χ1) is 13.1. The molecule has 0 radical (unpaired) electrons. The highest BCUT2D eigenvalue weighted by Crippen LogP contribution is 2.24. The molecule has 1 aliphatic heterocycles. The summed E-state index contributed by atoms with van der Waals surface area (Å²) in [6.07, 6.45) is 2.38. The molecular weight excluding hydrogens is 340 g/mol. The van der Waals surface area contributed by atoms with Crippen molar-refractivity contribution in [1.29, 1.82) is 0 Å². The van der Waals surface area contributed by atoms with Gasteiger partial charge in [-0.05, 0) is 31.5 Å². The third-order valence-corrected chi connectivity index (χ3v) is 5.06. The highest BCUT2D eigenvalue weighted by Gasteiger charge is 2.26. The largest absolute Gasteiger partial charge is 0.358 e. The molecule has 6 nitrogen and oxygen atoms in total. The van der Waals surface area contributed by atoms with E-state index >= 15 is 0 Å². The smallest absolute Gasteiger partial charge is 0.272 e. The highest BCUT2D eigenvalue weighted by molar-refractivity contribution is 6.08. The Kier molecular flexibility index (Phi) is 4.62. The molecule has 27 heavy (non-hydrogen) atoms. The monoisotopic (exact) mass is 362 g/mol. The second-order valence-electron chi connectivity index (χ2n) is 6.82. The maximum atomic E-state index is 13.2. The first-order valence-corrected chi connectivity index (χ1v) is 9.22. The molecule has 0 atom stereocenters. The Labute approximate surface area is 157 Å². The van der Waals surface area contributed by atoms with Crippen LogP contribution in [0.4, 0.5) is 0 Å². The Hall–Kier alpha value is -3.15. The van der Waals surface area contributed by atoms with E-state index in [1.165, 1.54) is 0 Å². The third kappa shape index (κ3) is 3.30. The van der Waals surface area contributed by atoms with E-state index in [1.807, 2.05) is 42.2 Å². The van der Waals surface area contributed by atoms with Crippen molar-refractivity contribution in [3.8, 4) is 0 Å². The summed E-state index contributed by atoms with van der Waals surface area (Å²) in [4.78, 5) is 36.9. The maximum Gasteiger partial charge on any atom is 0.272 e. The number of fused-ring (bicyclic) bond motifs is 1. The van der Waals surface area contributed by atoms with Gasteiger partial charge in [-0.3, -0.25) is 14.6 Å². The van der Waals surface area contributed by atoms with E-state index in [9.17, 15) is 9.59 Å². The lowest BCUT2D eigenvalue weighted by atomic mass is 10.1. The first-order valence-electron chi connectivity index (χ1n) is 9.22. The molecule has 6 heteroatoms. The normalized spacial score (nSPS) is 15.0. The van der Waals surface area contributed by atoms with Crippen molar-refractivity contribution in [2.75, 3.05) is 26.2 Å². The van der Waals surface area contributed by atoms with E-state index in [0.29, 0.717) is 31.9 Å². The van der Waals surface area contributed by atoms with Crippen molar-refractivity contribution in [1.82, 2.24) is 19.8 Å². The minimum Gasteiger partial charge on any atom is -0.358 e. The molecular formula is C21H22N4O2. The summed E-state index contributed by atoms with van der Waals surface area (Å²) in [5.74, 6) is -0.0507. The number of aryl methyl sites for hydroxylation is 1. The Bertz CT molecular complexity index is 980. The molecule has 2 aromatic heterocycles. The number of para-hydroxylation sites is 1. The fourth-order valence-corrected chi connectivity index (χ4v) is 3.69. The van der Waals surface area contributed by atoms with Crippen LogP contribution in [0.1, 0.15) is 33.0 Å². The number of amides is 2. The molecule has 3 aromatic rings. The lowest BCUT2D eigenvalue weighted by Crippen LogP contribution is -2.37. The SMILES string of the molecule is Cc1[nH]c2ccccc2c1C(=O)N1CCCN(C(=O)c2ccccn2)CC1. The van der Waals surface area contributed by atoms with Crippen LogP contribution < -0.4 is 0 Å². The zero-order valence-corrected chi connectivity index (χ0v) is 15.3. The molecule has 4 rings (SSSR count). The molecule has 1 fully saturated rings. The Morgan fingerprint density at radius 1 is 0.926 bits per heavy atom. The van der Waals surface area contributed by atoms with Gasteiger partial charge in [0.15, 0.2) is 0 Å². The van der Waals surface area contributed by atoms with E-state index < -0.39 is 0 Å². The molecule has 1 N–H and O–H groups in total. The first kappa shape index (κ1) is 17.3. The number of pyridine rings is 1. The molecule has 1 aromatic carbocycles. The number of rotatable bonds is 2. The highest BCUT2D eigenvalue weighted by atomic mass is 16.2. The number of carbonyl (C=O) groups excluding carboxylic acids is 2. The van der Waals surface area contributed by atoms with E-state index in [2.05, 4.69) is 9.97 Å². The van der Waals surface area contributed by atoms with Crippen molar-refractivity contribution in [3.05, 3.63) is 65.6 Å². The molecule has 1 aliphatic rings. The molecule has 1 saturated heterocycles. The fourth-order valence-electron chi connectivity index (χ4n) is 3.69. The van der Waals surface area contributed by atoms with Crippen molar-refractivity contribution >= 4 is 22.7 Å². The van der Waals surface area contributed by atoms with E-state index in [-0.39, 0.29) is 11.8 Å². The van der Waals surface area contributed by atoms with E-state index in [1.54, 1.807) is 23.2 Å². The van der Waals surface area contributed by atoms with Crippen LogP contribution in [0.2, 0.25) is 0 Å². The lowest BCUT2D eigenvalue weighted by Gasteiger charge is -2.22. The van der Waals surface area contributed by atoms with Crippen LogP contribution in [0.3, 0.4) is 0 Å². The number of aromatic nitrogens is 2. The minimum atomic E-state index is -0.0758. The molecule has 0 bridgehead atoms. The number of benzene rings is 1. The summed E-state index contributed by atoms with van der Waals surface area (Å²) < 4.78 is 0. The van der Waals surface area contributed by atoms with Crippen LogP contribution >= 0.6 is 0 Å². The van der Waals surface area contributed by atoms with Gasteiger partial charge in [0, 0.05) is 49.0 Å². The topological polar surface area (TPSA) is 69.3 Å². The number of hydrogen-bond donors (Lipinski definition) is 1. The molecule has 0 saturated carbocycles. The second kappa shape index (κ2) is 7.23. The summed E-state index contributed by atoms with van der Waals surface area (Å²) in [7, 11) is 0. The Morgan fingerprint density at radius 3 is 2.37 bits per heavy atom. The van der Waals surface area contributed by atoms with Crippen molar-refractivity contribution in [2.24, 2.45) is 0 Å². The van der Waals surface area contributed by atoms with Gasteiger partial charge in [0.1, 0.15) is 5.69 Å². The third-order valence-electron chi connectivity index (χ3n) is 5.06. The fraction of sp³-hybridized carbons (Fsp3) is 0.286. The lowest BCUT2D eigenvalue weighted by molar-refractivity contribution is 0.0716. The van der Waals surface area contributed by atoms with Crippen molar-refractivity contribution < 1.29 is 9.59 Å². The summed E-state index contributed by atoms with van der Waals surface area (Å²) in [6, 6.07) is 13.2. The zero-order valence-electron chi connectivity index (χ0n) is 15.3. The van der Waals surface area contributed by atoms with Gasteiger partial charge in [0.05, 0.1) is 5.56 Å². The van der Waals surface area contributed by atoms with Crippen molar-refractivity contribution in [2.45, 2.75) is 13.3 Å². The molecule has 0 aliphatic carbocycles. The average Bonchev–Trinajstić information content (AvgIpc) is 2.87. The second-order valence-corrected chi connectivity index (χ2v) is 6.82. The molecule has 3 heterocycles. The summed E-state index contributed by atoms with van der Waals surface area (Å²) in [5.41, 5.74) is 3.03. The van der Waals surface area contributed by atoms with Gasteiger partial charge >= 0.3 is 0 Å². The van der Waals surface area contributed by atoms with Gasteiger partial charge < -0.3 is 14.8 Å². The van der Waals surface area contributed by atoms with Gasteiger partial charge in [-0.1, -0.05) is 24.3 Å². The number of aromatic amines is 1. The van der Waals surface area contributed by atoms with Crippen molar-refractivity contribution in [3.63, 3.8) is 0 Å². The van der Waals surface area contributed by atoms with Crippen LogP contribution in [-0.2, 0) is 0 Å². The van der Waals surface area contributed by atoms with Crippen LogP contribution in [0.25, 0.3) is 10.9 Å². The van der Waals surface area contributed by atoms with Crippen LogP contribution in [-0.4, -0.2) is 57.8 Å². The predicted molar refractivity (Wildman–Crippen MR) is 104 cm³/mol. The number of nitrogens with zero attached hydrogens (tertiary/aromatic N) is 3. The maximum absolute atomic E-state index is 13.2. The van der Waals surface area contributed by atoms with Gasteiger partial charge in [-0.25, -0.2) is 0 Å². The Balaban J connectivity index is 1.52. The van der Waals surface area contributed by atoms with E-state index in [0.717, 1.165) is 28.6 Å². The molecule has 2 amide bonds. The van der Waals surface area contributed by atoms with Gasteiger partial charge in [0.25, 0.3) is 11.8 Å². The summed E-state index contributed by atoms with van der Waals surface area (Å²) in [6.45, 7) is 4.25. The quantitative estimate of drug-likeness (QED) is 0.762. The van der Waals surface area contributed by atoms with Crippen LogP contribution in [0, 0.1) is 6.92 Å². The number of nitrogens with one attached hydrogen (secondary N) is 1. The number of carbonyl (C=O) groups is 2. The number of H-pyrrole nitrogens is 1. The number of hydrogen-bond acceptors (Lipinski definition) is 3. The van der Waals surface area contributed by atoms with Gasteiger partial charge in [-0.2, -0.15) is 0 Å². The van der Waals surface area contributed by atoms with Crippen LogP contribution in [0.15, 0.2) is 48.7 Å². The Morgan fingerprint density at radius 2 is 1.63 bits per heavy atom. The minimum absolute atomic E-state index is 0.0251. The molecule has 138 valence electrons. The van der Waals surface area contributed by atoms with Gasteiger partial charge in [0.2, 0.25) is 0 Å². The summed E-state index contributed by atoms with van der Waals surface area (Å²) in [5, 5.41) is 0.950. The molecule has 0 spiro atoms. The summed E-state index contributed by atoms with van der Waals surface area (Å²) >= 11 is 0. The van der Waals surface area contributed by atoms with E-state index in [4.69, 9.17) is 0 Å². The van der Waals surface area contributed by atoms with Gasteiger partial charge in [-0.15, -0.1) is 0 Å². The molecule has 0 unspecified atom stereocenters. The van der Waals surface area contributed by atoms with Crippen LogP contribution in [0.5, 0.6) is 0 Å². The predicted octanol–water partition coefficient (Wildman–Crippen LogP) is 2.86.